The Bertz CT molecular complexity index is 763. The molecule has 96 valence electrons. The van der Waals surface area contributed by atoms with Crippen LogP contribution in [0.3, 0.4) is 0 Å². The fraction of sp³-hybridized carbons (Fsp3) is 0.0526. The van der Waals surface area contributed by atoms with Crippen LogP contribution in [0.1, 0.15) is 22.6 Å². The van der Waals surface area contributed by atoms with Crippen molar-refractivity contribution in [3.63, 3.8) is 0 Å². The van der Waals surface area contributed by atoms with Gasteiger partial charge in [0.05, 0.1) is 0 Å². The molecule has 0 aromatic heterocycles. The van der Waals surface area contributed by atoms with Gasteiger partial charge in [-0.05, 0) is 46.1 Å². The summed E-state index contributed by atoms with van der Waals surface area (Å²) in [7, 11) is 0. The van der Waals surface area contributed by atoms with E-state index in [0.717, 1.165) is 16.7 Å². The molecule has 0 bridgehead atoms. The van der Waals surface area contributed by atoms with Gasteiger partial charge in [0.2, 0.25) is 0 Å². The van der Waals surface area contributed by atoms with Crippen LogP contribution in [-0.4, -0.2) is 0 Å². The molecule has 0 saturated carbocycles. The van der Waals surface area contributed by atoms with Gasteiger partial charge in [0, 0.05) is 5.92 Å². The highest BCUT2D eigenvalue weighted by atomic mass is 19.1. The average Bonchev–Trinajstić information content (AvgIpc) is 2.86. The summed E-state index contributed by atoms with van der Waals surface area (Å²) >= 11 is 0. The SMILES string of the molecule is FC1=CC(c2ccccc2)C2=Cc3ccccc3C2=C1. The zero-order chi connectivity index (χ0) is 13.5. The molecule has 0 heterocycles. The summed E-state index contributed by atoms with van der Waals surface area (Å²) in [5.74, 6) is -0.147. The van der Waals surface area contributed by atoms with Crippen LogP contribution in [0.25, 0.3) is 11.6 Å². The van der Waals surface area contributed by atoms with Gasteiger partial charge in [0.25, 0.3) is 0 Å². The molecule has 0 spiro atoms. The Labute approximate surface area is 117 Å². The number of halogens is 1. The number of fused-ring (bicyclic) bond motifs is 3. The number of hydrogen-bond acceptors (Lipinski definition) is 0. The maximum atomic E-state index is 14.0. The molecule has 1 atom stereocenters. The third kappa shape index (κ3) is 1.67. The third-order valence-electron chi connectivity index (χ3n) is 3.97. The van der Waals surface area contributed by atoms with E-state index in [9.17, 15) is 4.39 Å². The van der Waals surface area contributed by atoms with E-state index in [1.54, 1.807) is 12.2 Å². The Hall–Kier alpha value is -2.41. The second-order valence-corrected chi connectivity index (χ2v) is 5.18. The number of rotatable bonds is 1. The van der Waals surface area contributed by atoms with Crippen LogP contribution in [0.5, 0.6) is 0 Å². The highest BCUT2D eigenvalue weighted by molar-refractivity contribution is 5.97. The van der Waals surface area contributed by atoms with Crippen molar-refractivity contribution in [3.05, 3.63) is 94.8 Å². The van der Waals surface area contributed by atoms with Crippen LogP contribution in [0.4, 0.5) is 4.39 Å². The molecule has 0 fully saturated rings. The van der Waals surface area contributed by atoms with Crippen LogP contribution in [0.15, 0.2) is 78.1 Å². The molecule has 0 nitrogen and oxygen atoms in total. The Morgan fingerprint density at radius 1 is 0.800 bits per heavy atom. The molecule has 2 aromatic carbocycles. The van der Waals surface area contributed by atoms with Crippen LogP contribution < -0.4 is 0 Å². The van der Waals surface area contributed by atoms with Crippen molar-refractivity contribution in [1.29, 1.82) is 0 Å². The van der Waals surface area contributed by atoms with Gasteiger partial charge in [0.15, 0.2) is 0 Å². The van der Waals surface area contributed by atoms with Gasteiger partial charge in [-0.1, -0.05) is 54.6 Å². The first kappa shape index (κ1) is 11.4. The minimum atomic E-state index is -0.150. The van der Waals surface area contributed by atoms with Gasteiger partial charge in [-0.2, -0.15) is 0 Å². The van der Waals surface area contributed by atoms with Crippen molar-refractivity contribution in [2.75, 3.05) is 0 Å². The maximum Gasteiger partial charge on any atom is 0.120 e. The van der Waals surface area contributed by atoms with E-state index in [1.807, 2.05) is 30.3 Å². The smallest absolute Gasteiger partial charge is 0.120 e. The lowest BCUT2D eigenvalue weighted by Crippen LogP contribution is -2.04. The van der Waals surface area contributed by atoms with E-state index in [-0.39, 0.29) is 11.7 Å². The predicted molar refractivity (Wildman–Crippen MR) is 80.8 cm³/mol. The van der Waals surface area contributed by atoms with Gasteiger partial charge >= 0.3 is 0 Å². The second kappa shape index (κ2) is 4.31. The van der Waals surface area contributed by atoms with E-state index in [2.05, 4.69) is 30.3 Å². The van der Waals surface area contributed by atoms with Gasteiger partial charge < -0.3 is 0 Å². The van der Waals surface area contributed by atoms with Crippen LogP contribution in [0.2, 0.25) is 0 Å². The van der Waals surface area contributed by atoms with Crippen molar-refractivity contribution in [2.45, 2.75) is 5.92 Å². The molecule has 0 radical (unpaired) electrons. The fourth-order valence-electron chi connectivity index (χ4n) is 3.06. The second-order valence-electron chi connectivity index (χ2n) is 5.18. The minimum Gasteiger partial charge on any atom is -0.207 e. The standard InChI is InChI=1S/C19H13F/c20-15-11-17(13-6-2-1-3-7-13)18-10-14-8-4-5-9-16(14)19(18)12-15/h1-12,17H. The van der Waals surface area contributed by atoms with Crippen LogP contribution in [0, 0.1) is 0 Å². The van der Waals surface area contributed by atoms with Crippen molar-refractivity contribution in [1.82, 2.24) is 0 Å². The van der Waals surface area contributed by atoms with Crippen LogP contribution in [-0.2, 0) is 0 Å². The summed E-state index contributed by atoms with van der Waals surface area (Å²) in [5, 5.41) is 0. The molecular formula is C19H13F. The first-order valence-corrected chi connectivity index (χ1v) is 6.78. The molecule has 1 heteroatoms. The summed E-state index contributed by atoms with van der Waals surface area (Å²) in [4.78, 5) is 0. The lowest BCUT2D eigenvalue weighted by atomic mass is 9.83. The molecule has 2 aliphatic rings. The highest BCUT2D eigenvalue weighted by Crippen LogP contribution is 2.46. The summed E-state index contributed by atoms with van der Waals surface area (Å²) in [6.45, 7) is 0. The fourth-order valence-corrected chi connectivity index (χ4v) is 3.06. The quantitative estimate of drug-likeness (QED) is 0.667. The normalized spacial score (nSPS) is 19.6. The summed E-state index contributed by atoms with van der Waals surface area (Å²) in [6, 6.07) is 18.3. The molecular weight excluding hydrogens is 247 g/mol. The van der Waals surface area contributed by atoms with Crippen molar-refractivity contribution >= 4 is 11.6 Å². The lowest BCUT2D eigenvalue weighted by molar-refractivity contribution is 0.655. The van der Waals surface area contributed by atoms with Gasteiger partial charge in [-0.25, -0.2) is 4.39 Å². The summed E-state index contributed by atoms with van der Waals surface area (Å²) in [5.41, 5.74) is 5.66. The van der Waals surface area contributed by atoms with Crippen molar-refractivity contribution in [2.24, 2.45) is 0 Å². The summed E-state index contributed by atoms with van der Waals surface area (Å²) < 4.78 is 14.0. The molecule has 4 rings (SSSR count). The first-order chi connectivity index (χ1) is 9.83. The third-order valence-corrected chi connectivity index (χ3v) is 3.97. The molecule has 1 unspecified atom stereocenters. The lowest BCUT2D eigenvalue weighted by Gasteiger charge is -2.21. The van der Waals surface area contributed by atoms with Gasteiger partial charge in [-0.3, -0.25) is 0 Å². The molecule has 0 aliphatic heterocycles. The van der Waals surface area contributed by atoms with E-state index in [4.69, 9.17) is 0 Å². The van der Waals surface area contributed by atoms with E-state index in [0.29, 0.717) is 0 Å². The molecule has 0 amide bonds. The Morgan fingerprint density at radius 2 is 1.55 bits per heavy atom. The Kier molecular flexibility index (Phi) is 2.46. The number of hydrogen-bond donors (Lipinski definition) is 0. The predicted octanol–water partition coefficient (Wildman–Crippen LogP) is 5.12. The Morgan fingerprint density at radius 3 is 2.40 bits per heavy atom. The average molecular weight is 260 g/mol. The minimum absolute atomic E-state index is 0.00333. The van der Waals surface area contributed by atoms with E-state index in [1.165, 1.54) is 11.1 Å². The topological polar surface area (TPSA) is 0 Å². The molecule has 2 aromatic rings. The van der Waals surface area contributed by atoms with Gasteiger partial charge in [0.1, 0.15) is 5.83 Å². The van der Waals surface area contributed by atoms with E-state index < -0.39 is 0 Å². The summed E-state index contributed by atoms with van der Waals surface area (Å²) in [6.07, 6.45) is 5.54. The Balaban J connectivity index is 1.89. The maximum absolute atomic E-state index is 14.0. The molecule has 0 saturated heterocycles. The highest BCUT2D eigenvalue weighted by Gasteiger charge is 2.28. The zero-order valence-electron chi connectivity index (χ0n) is 10.9. The molecule has 0 N–H and O–H groups in total. The number of benzene rings is 2. The molecule has 2 aliphatic carbocycles. The van der Waals surface area contributed by atoms with Gasteiger partial charge in [-0.15, -0.1) is 0 Å². The number of allylic oxidation sites excluding steroid dienone is 5. The largest absolute Gasteiger partial charge is 0.207 e. The monoisotopic (exact) mass is 260 g/mol. The zero-order valence-corrected chi connectivity index (χ0v) is 10.9. The van der Waals surface area contributed by atoms with Crippen molar-refractivity contribution in [3.8, 4) is 0 Å². The first-order valence-electron chi connectivity index (χ1n) is 6.78. The van der Waals surface area contributed by atoms with E-state index >= 15 is 0 Å². The van der Waals surface area contributed by atoms with Crippen LogP contribution >= 0.6 is 0 Å². The van der Waals surface area contributed by atoms with Crippen molar-refractivity contribution < 1.29 is 4.39 Å². The molecule has 20 heavy (non-hydrogen) atoms.